The van der Waals surface area contributed by atoms with Gasteiger partial charge in [-0.15, -0.1) is 10.2 Å². The number of carbonyl (C=O) groups excluding carboxylic acids is 1. The van der Waals surface area contributed by atoms with Crippen molar-refractivity contribution in [3.8, 4) is 11.4 Å². The van der Waals surface area contributed by atoms with Crippen molar-refractivity contribution in [2.75, 3.05) is 5.01 Å². The summed E-state index contributed by atoms with van der Waals surface area (Å²) >= 11 is 0. The van der Waals surface area contributed by atoms with Crippen LogP contribution in [0.4, 0.5) is 22.7 Å². The summed E-state index contributed by atoms with van der Waals surface area (Å²) in [6, 6.07) is 10.4. The molecule has 1 atom stereocenters. The molecule has 4 aromatic rings. The first-order valence-electron chi connectivity index (χ1n) is 13.5. The Morgan fingerprint density at radius 2 is 1.38 bits per heavy atom. The molecule has 1 amide bonds. The first-order chi connectivity index (χ1) is 22.0. The Balaban J connectivity index is 1.33. The first kappa shape index (κ1) is 33.0. The van der Waals surface area contributed by atoms with Gasteiger partial charge in [-0.05, 0) is 87.4 Å². The van der Waals surface area contributed by atoms with Crippen LogP contribution >= 0.6 is 0 Å². The molecule has 2 heterocycles. The summed E-state index contributed by atoms with van der Waals surface area (Å²) in [7, 11) is -8.86. The van der Waals surface area contributed by atoms with Crippen LogP contribution in [0.15, 0.2) is 94.7 Å². The average Bonchev–Trinajstić information content (AvgIpc) is 3.42. The molecule has 0 spiro atoms. The van der Waals surface area contributed by atoms with Crippen LogP contribution in [0.25, 0.3) is 5.69 Å². The standard InChI is InChI=1S/C28H26N8O9S2/c1-14-11-19(46(40,41)42)6-9-22(14)35-27(38)25(16(3)33-35)31-29-18-5-8-21(24(37)13-18)30-32-26-17(4)34-36(28(26)39)23-10-7-20(12-15(23)2)47(43,44)45/h5-13,25,34,37H,1-4H3,(H,40,41,42)(H,43,44,45). The predicted octanol–water partition coefficient (Wildman–Crippen LogP) is 4.58. The number of hydrazone groups is 1. The van der Waals surface area contributed by atoms with Gasteiger partial charge < -0.3 is 5.11 Å². The van der Waals surface area contributed by atoms with Gasteiger partial charge in [0.05, 0.1) is 38.3 Å². The quantitative estimate of drug-likeness (QED) is 0.150. The van der Waals surface area contributed by atoms with E-state index in [4.69, 9.17) is 0 Å². The number of carbonyl (C=O) groups is 1. The fourth-order valence-electron chi connectivity index (χ4n) is 4.64. The number of azo groups is 2. The summed E-state index contributed by atoms with van der Waals surface area (Å²) in [5, 5.41) is 34.7. The van der Waals surface area contributed by atoms with Crippen molar-refractivity contribution in [3.05, 3.63) is 81.8 Å². The van der Waals surface area contributed by atoms with E-state index in [-0.39, 0.29) is 32.6 Å². The van der Waals surface area contributed by atoms with Crippen LogP contribution in [0.5, 0.6) is 5.75 Å². The maximum atomic E-state index is 13.1. The summed E-state index contributed by atoms with van der Waals surface area (Å²) in [5.41, 5.74) is 1.49. The Labute approximate surface area is 267 Å². The molecule has 19 heteroatoms. The Morgan fingerprint density at radius 3 is 1.94 bits per heavy atom. The molecule has 1 unspecified atom stereocenters. The number of H-pyrrole nitrogens is 1. The number of aromatic amines is 1. The van der Waals surface area contributed by atoms with Crippen molar-refractivity contribution >= 4 is 54.6 Å². The number of phenolic OH excluding ortho intramolecular Hbond substituents is 1. The molecule has 0 aliphatic carbocycles. The number of benzene rings is 3. The van der Waals surface area contributed by atoms with E-state index in [0.29, 0.717) is 33.9 Å². The number of hydrogen-bond acceptors (Lipinski definition) is 12. The van der Waals surface area contributed by atoms with Crippen LogP contribution in [0.3, 0.4) is 0 Å². The van der Waals surface area contributed by atoms with E-state index >= 15 is 0 Å². The Bertz CT molecular complexity index is 2330. The molecule has 5 rings (SSSR count). The monoisotopic (exact) mass is 682 g/mol. The van der Waals surface area contributed by atoms with E-state index in [1.54, 1.807) is 27.7 Å². The van der Waals surface area contributed by atoms with Crippen molar-refractivity contribution in [3.63, 3.8) is 0 Å². The average molecular weight is 683 g/mol. The minimum Gasteiger partial charge on any atom is -0.506 e. The van der Waals surface area contributed by atoms with E-state index in [1.165, 1.54) is 42.5 Å². The first-order valence-corrected chi connectivity index (χ1v) is 16.4. The van der Waals surface area contributed by atoms with Crippen molar-refractivity contribution in [1.82, 2.24) is 9.78 Å². The Hall–Kier alpha value is -5.37. The van der Waals surface area contributed by atoms with Crippen molar-refractivity contribution in [1.29, 1.82) is 0 Å². The van der Waals surface area contributed by atoms with Crippen LogP contribution in [-0.2, 0) is 25.0 Å². The molecule has 17 nitrogen and oxygen atoms in total. The second kappa shape index (κ2) is 12.1. The van der Waals surface area contributed by atoms with Crippen LogP contribution in [0.1, 0.15) is 23.7 Å². The fourth-order valence-corrected chi connectivity index (χ4v) is 5.77. The molecule has 1 aliphatic heterocycles. The minimum absolute atomic E-state index is 0.00568. The smallest absolute Gasteiger partial charge is 0.299 e. The SMILES string of the molecule is CC1=NN(c2ccc(S(=O)(=O)O)cc2C)C(=O)C1N=Nc1ccc(N=Nc2c(C)[nH]n(-c3ccc(S(=O)(=O)O)cc3C)c2=O)c(O)c1. The molecule has 0 radical (unpaired) electrons. The number of rotatable bonds is 8. The number of anilines is 1. The summed E-state index contributed by atoms with van der Waals surface area (Å²) in [6.07, 6.45) is 0. The zero-order chi connectivity index (χ0) is 34.4. The van der Waals surface area contributed by atoms with Gasteiger partial charge in [-0.3, -0.25) is 23.8 Å². The molecule has 0 saturated carbocycles. The zero-order valence-electron chi connectivity index (χ0n) is 25.0. The minimum atomic E-state index is -4.43. The fraction of sp³-hybridized carbons (Fsp3) is 0.179. The topological polar surface area (TPSA) is 249 Å². The van der Waals surface area contributed by atoms with Gasteiger partial charge in [0.25, 0.3) is 31.7 Å². The number of amides is 1. The number of nitrogens with zero attached hydrogens (tertiary/aromatic N) is 7. The summed E-state index contributed by atoms with van der Waals surface area (Å²) in [4.78, 5) is 25.5. The molecular weight excluding hydrogens is 656 g/mol. The highest BCUT2D eigenvalue weighted by atomic mass is 32.2. The number of aromatic hydroxyl groups is 1. The highest BCUT2D eigenvalue weighted by Crippen LogP contribution is 2.33. The molecular formula is C28H26N8O9S2. The lowest BCUT2D eigenvalue weighted by Gasteiger charge is -2.15. The molecule has 0 fully saturated rings. The predicted molar refractivity (Wildman–Crippen MR) is 168 cm³/mol. The largest absolute Gasteiger partial charge is 0.506 e. The molecule has 4 N–H and O–H groups in total. The van der Waals surface area contributed by atoms with Gasteiger partial charge in [0.15, 0.2) is 11.7 Å². The second-order valence-corrected chi connectivity index (χ2v) is 13.3. The van der Waals surface area contributed by atoms with Gasteiger partial charge in [0.2, 0.25) is 0 Å². The molecule has 1 aromatic heterocycles. The van der Waals surface area contributed by atoms with E-state index in [1.807, 2.05) is 0 Å². The van der Waals surface area contributed by atoms with E-state index in [2.05, 4.69) is 30.7 Å². The molecule has 0 bridgehead atoms. The van der Waals surface area contributed by atoms with Gasteiger partial charge >= 0.3 is 0 Å². The van der Waals surface area contributed by atoms with E-state index < -0.39 is 37.7 Å². The van der Waals surface area contributed by atoms with Gasteiger partial charge in [0.1, 0.15) is 11.4 Å². The third-order valence-electron chi connectivity index (χ3n) is 7.04. The summed E-state index contributed by atoms with van der Waals surface area (Å²) in [5.74, 6) is -0.907. The van der Waals surface area contributed by atoms with Crippen molar-refractivity contribution in [2.24, 2.45) is 25.6 Å². The van der Waals surface area contributed by atoms with Crippen LogP contribution in [-0.4, -0.2) is 58.5 Å². The third kappa shape index (κ3) is 6.63. The maximum absolute atomic E-state index is 13.1. The van der Waals surface area contributed by atoms with Crippen molar-refractivity contribution < 1.29 is 35.8 Å². The molecule has 0 saturated heterocycles. The van der Waals surface area contributed by atoms with Crippen LogP contribution in [0.2, 0.25) is 0 Å². The van der Waals surface area contributed by atoms with Crippen LogP contribution < -0.4 is 10.6 Å². The number of hydrogen-bond donors (Lipinski definition) is 4. The normalized spacial score (nSPS) is 15.7. The van der Waals surface area contributed by atoms with E-state index in [0.717, 1.165) is 21.8 Å². The lowest BCUT2D eigenvalue weighted by Crippen LogP contribution is -2.30. The second-order valence-electron chi connectivity index (χ2n) is 10.5. The van der Waals surface area contributed by atoms with Gasteiger partial charge in [-0.2, -0.15) is 37.2 Å². The van der Waals surface area contributed by atoms with Crippen molar-refractivity contribution in [2.45, 2.75) is 43.5 Å². The maximum Gasteiger partial charge on any atom is 0.299 e. The van der Waals surface area contributed by atoms with Gasteiger partial charge in [-0.1, -0.05) is 0 Å². The number of aryl methyl sites for hydroxylation is 3. The van der Waals surface area contributed by atoms with Gasteiger partial charge in [-0.25, -0.2) is 4.68 Å². The van der Waals surface area contributed by atoms with E-state index in [9.17, 15) is 40.6 Å². The summed E-state index contributed by atoms with van der Waals surface area (Å²) in [6.45, 7) is 6.26. The lowest BCUT2D eigenvalue weighted by atomic mass is 10.1. The lowest BCUT2D eigenvalue weighted by molar-refractivity contribution is -0.117. The summed E-state index contributed by atoms with van der Waals surface area (Å²) < 4.78 is 65.4. The Morgan fingerprint density at radius 1 is 0.787 bits per heavy atom. The third-order valence-corrected chi connectivity index (χ3v) is 8.74. The zero-order valence-corrected chi connectivity index (χ0v) is 26.6. The molecule has 47 heavy (non-hydrogen) atoms. The highest BCUT2D eigenvalue weighted by Gasteiger charge is 2.35. The van der Waals surface area contributed by atoms with Crippen LogP contribution in [0, 0.1) is 20.8 Å². The molecule has 3 aromatic carbocycles. The number of nitrogens with one attached hydrogen (secondary N) is 1. The molecule has 244 valence electrons. The number of phenols is 1. The Kier molecular flexibility index (Phi) is 8.50. The van der Waals surface area contributed by atoms with Gasteiger partial charge in [0, 0.05) is 6.07 Å². The number of aromatic nitrogens is 2. The highest BCUT2D eigenvalue weighted by molar-refractivity contribution is 7.86. The molecule has 1 aliphatic rings.